The average Bonchev–Trinajstić information content (AvgIpc) is 2.89. The molecule has 5 aliphatic rings. The molecule has 0 spiro atoms. The van der Waals surface area contributed by atoms with Crippen molar-refractivity contribution in [3.05, 3.63) is 11.6 Å². The Morgan fingerprint density at radius 1 is 1.09 bits per heavy atom. The average molecular weight is 314 g/mol. The van der Waals surface area contributed by atoms with Gasteiger partial charge < -0.3 is 9.88 Å². The van der Waals surface area contributed by atoms with E-state index in [0.717, 1.165) is 42.9 Å². The van der Waals surface area contributed by atoms with Crippen LogP contribution in [0.4, 0.5) is 0 Å². The third-order valence-electron chi connectivity index (χ3n) is 7.00. The predicted molar refractivity (Wildman–Crippen MR) is 85.4 cm³/mol. The van der Waals surface area contributed by atoms with E-state index in [0.29, 0.717) is 17.7 Å². The molecule has 0 radical (unpaired) electrons. The summed E-state index contributed by atoms with van der Waals surface area (Å²) in [7, 11) is 0. The Labute approximate surface area is 137 Å². The van der Waals surface area contributed by atoms with E-state index in [9.17, 15) is 4.79 Å². The van der Waals surface area contributed by atoms with E-state index in [1.807, 2.05) is 6.92 Å². The number of aromatic nitrogens is 3. The second-order valence-corrected chi connectivity index (χ2v) is 8.42. The number of carbonyl (C=O) groups excluding carboxylic acids is 1. The van der Waals surface area contributed by atoms with Crippen LogP contribution in [0.15, 0.2) is 0 Å². The molecule has 23 heavy (non-hydrogen) atoms. The predicted octanol–water partition coefficient (Wildman–Crippen LogP) is 2.61. The Bertz CT molecular complexity index is 609. The summed E-state index contributed by atoms with van der Waals surface area (Å²) in [5, 5.41) is 11.9. The molecule has 1 aliphatic heterocycles. The third kappa shape index (κ3) is 2.15. The molecule has 6 rings (SSSR count). The van der Waals surface area contributed by atoms with Gasteiger partial charge in [0.1, 0.15) is 5.82 Å². The number of fused-ring (bicyclic) bond motifs is 1. The molecule has 1 amide bonds. The zero-order valence-corrected chi connectivity index (χ0v) is 13.9. The SMILES string of the molecule is Cc1nnc2n1CCC[C@H]2NC(=O)C1C2CC3CC(C2)CC1C3. The van der Waals surface area contributed by atoms with Crippen molar-refractivity contribution in [3.8, 4) is 0 Å². The maximum atomic E-state index is 13.0. The van der Waals surface area contributed by atoms with Crippen molar-refractivity contribution in [2.45, 2.75) is 64.5 Å². The first-order valence-corrected chi connectivity index (χ1v) is 9.39. The molecular formula is C18H26N4O. The Balaban J connectivity index is 1.34. The molecule has 0 unspecified atom stereocenters. The van der Waals surface area contributed by atoms with Crippen molar-refractivity contribution >= 4 is 5.91 Å². The number of hydrogen-bond acceptors (Lipinski definition) is 3. The van der Waals surface area contributed by atoms with Gasteiger partial charge in [-0.3, -0.25) is 4.79 Å². The molecule has 1 aromatic heterocycles. The molecule has 124 valence electrons. The van der Waals surface area contributed by atoms with Gasteiger partial charge >= 0.3 is 0 Å². The second-order valence-electron chi connectivity index (χ2n) is 8.42. The monoisotopic (exact) mass is 314 g/mol. The first-order valence-electron chi connectivity index (χ1n) is 9.39. The highest BCUT2D eigenvalue weighted by molar-refractivity contribution is 5.80. The Morgan fingerprint density at radius 2 is 1.78 bits per heavy atom. The molecule has 1 atom stereocenters. The van der Waals surface area contributed by atoms with Crippen LogP contribution in [0.1, 0.15) is 62.6 Å². The zero-order valence-electron chi connectivity index (χ0n) is 13.9. The summed E-state index contributed by atoms with van der Waals surface area (Å²) in [5.74, 6) is 5.63. The number of hydrogen-bond donors (Lipinski definition) is 1. The number of nitrogens with zero attached hydrogens (tertiary/aromatic N) is 3. The van der Waals surface area contributed by atoms with Gasteiger partial charge in [-0.05, 0) is 75.5 Å². The molecule has 2 heterocycles. The summed E-state index contributed by atoms with van der Waals surface area (Å²) in [6.45, 7) is 2.98. The fourth-order valence-corrected chi connectivity index (χ4v) is 6.27. The number of amides is 1. The maximum Gasteiger partial charge on any atom is 0.224 e. The molecule has 1 aromatic rings. The normalized spacial score (nSPS) is 40.9. The summed E-state index contributed by atoms with van der Waals surface area (Å²) in [4.78, 5) is 13.0. The van der Waals surface area contributed by atoms with Crippen molar-refractivity contribution in [2.24, 2.45) is 29.6 Å². The fourth-order valence-electron chi connectivity index (χ4n) is 6.27. The van der Waals surface area contributed by atoms with Gasteiger partial charge in [-0.15, -0.1) is 10.2 Å². The van der Waals surface area contributed by atoms with Crippen LogP contribution in [0.2, 0.25) is 0 Å². The fraction of sp³-hybridized carbons (Fsp3) is 0.833. The van der Waals surface area contributed by atoms with Crippen LogP contribution in [0, 0.1) is 36.5 Å². The van der Waals surface area contributed by atoms with Crippen LogP contribution in [-0.2, 0) is 11.3 Å². The number of rotatable bonds is 2. The lowest BCUT2D eigenvalue weighted by atomic mass is 9.51. The zero-order chi connectivity index (χ0) is 15.6. The van der Waals surface area contributed by atoms with Crippen molar-refractivity contribution in [2.75, 3.05) is 0 Å². The van der Waals surface area contributed by atoms with Crippen molar-refractivity contribution in [3.63, 3.8) is 0 Å². The molecule has 4 saturated carbocycles. The topological polar surface area (TPSA) is 59.8 Å². The van der Waals surface area contributed by atoms with Gasteiger partial charge in [-0.25, -0.2) is 0 Å². The smallest absolute Gasteiger partial charge is 0.224 e. The lowest BCUT2D eigenvalue weighted by molar-refractivity contribution is -0.139. The summed E-state index contributed by atoms with van der Waals surface area (Å²) >= 11 is 0. The van der Waals surface area contributed by atoms with E-state index in [4.69, 9.17) is 0 Å². The molecule has 1 N–H and O–H groups in total. The summed E-state index contributed by atoms with van der Waals surface area (Å²) in [6, 6.07) is 0.0645. The summed E-state index contributed by atoms with van der Waals surface area (Å²) < 4.78 is 2.17. The van der Waals surface area contributed by atoms with E-state index in [1.165, 1.54) is 32.1 Å². The highest BCUT2D eigenvalue weighted by atomic mass is 16.2. The van der Waals surface area contributed by atoms with Gasteiger partial charge in [0.25, 0.3) is 0 Å². The van der Waals surface area contributed by atoms with Crippen molar-refractivity contribution < 1.29 is 4.79 Å². The van der Waals surface area contributed by atoms with Crippen LogP contribution in [0.3, 0.4) is 0 Å². The van der Waals surface area contributed by atoms with Gasteiger partial charge in [0.15, 0.2) is 5.82 Å². The maximum absolute atomic E-state index is 13.0. The summed E-state index contributed by atoms with van der Waals surface area (Å²) in [6.07, 6.45) is 8.72. The molecule has 4 aliphatic carbocycles. The van der Waals surface area contributed by atoms with Gasteiger partial charge in [0, 0.05) is 12.5 Å². The van der Waals surface area contributed by atoms with Crippen molar-refractivity contribution in [1.29, 1.82) is 0 Å². The van der Waals surface area contributed by atoms with E-state index in [-0.39, 0.29) is 12.0 Å². The van der Waals surface area contributed by atoms with Gasteiger partial charge in [-0.1, -0.05) is 0 Å². The molecule has 4 bridgehead atoms. The second kappa shape index (κ2) is 5.05. The van der Waals surface area contributed by atoms with Crippen LogP contribution in [0.5, 0.6) is 0 Å². The molecule has 4 fully saturated rings. The number of carbonyl (C=O) groups is 1. The van der Waals surface area contributed by atoms with Crippen molar-refractivity contribution in [1.82, 2.24) is 20.1 Å². The van der Waals surface area contributed by atoms with Gasteiger partial charge in [0.05, 0.1) is 6.04 Å². The van der Waals surface area contributed by atoms with Crippen LogP contribution < -0.4 is 5.32 Å². The largest absolute Gasteiger partial charge is 0.346 e. The van der Waals surface area contributed by atoms with E-state index in [1.54, 1.807) is 0 Å². The highest BCUT2D eigenvalue weighted by Crippen LogP contribution is 2.56. The Hall–Kier alpha value is -1.39. The van der Waals surface area contributed by atoms with E-state index < -0.39 is 0 Å². The highest BCUT2D eigenvalue weighted by Gasteiger charge is 2.51. The molecule has 5 nitrogen and oxygen atoms in total. The van der Waals surface area contributed by atoms with Crippen LogP contribution >= 0.6 is 0 Å². The standard InChI is InChI=1S/C18H26N4O/c1-10-20-21-17-15(3-2-4-22(10)17)19-18(23)16-13-6-11-5-12(8-13)9-14(16)7-11/h11-16H,2-9H2,1H3,(H,19,23)/t11?,12?,13?,14?,15-,16?/m1/s1. The van der Waals surface area contributed by atoms with Crippen LogP contribution in [0.25, 0.3) is 0 Å². The minimum atomic E-state index is 0.0645. The van der Waals surface area contributed by atoms with E-state index >= 15 is 0 Å². The number of aryl methyl sites for hydroxylation is 1. The Morgan fingerprint density at radius 3 is 2.48 bits per heavy atom. The third-order valence-corrected chi connectivity index (χ3v) is 7.00. The first kappa shape index (κ1) is 14.0. The van der Waals surface area contributed by atoms with Crippen LogP contribution in [-0.4, -0.2) is 20.7 Å². The molecular weight excluding hydrogens is 288 g/mol. The quantitative estimate of drug-likeness (QED) is 0.913. The molecule has 5 heteroatoms. The first-order chi connectivity index (χ1) is 11.2. The molecule has 0 saturated heterocycles. The van der Waals surface area contributed by atoms with Gasteiger partial charge in [-0.2, -0.15) is 0 Å². The number of nitrogens with one attached hydrogen (secondary N) is 1. The minimum Gasteiger partial charge on any atom is -0.346 e. The lowest BCUT2D eigenvalue weighted by Crippen LogP contribution is -2.51. The summed E-state index contributed by atoms with van der Waals surface area (Å²) in [5.41, 5.74) is 0. The lowest BCUT2D eigenvalue weighted by Gasteiger charge is -2.53. The van der Waals surface area contributed by atoms with Gasteiger partial charge in [0.2, 0.25) is 5.91 Å². The minimum absolute atomic E-state index is 0.0645. The molecule has 0 aromatic carbocycles. The Kier molecular flexibility index (Phi) is 3.07. The van der Waals surface area contributed by atoms with E-state index in [2.05, 4.69) is 20.1 Å².